The Hall–Kier alpha value is -2.18. The largest absolute Gasteiger partial charge is 0.235 e. The van der Waals surface area contributed by atoms with Crippen molar-refractivity contribution < 1.29 is 4.79 Å². The zero-order valence-corrected chi connectivity index (χ0v) is 9.97. The van der Waals surface area contributed by atoms with Gasteiger partial charge in [0.1, 0.15) is 0 Å². The van der Waals surface area contributed by atoms with Gasteiger partial charge in [-0.3, -0.25) is 0 Å². The van der Waals surface area contributed by atoms with Gasteiger partial charge in [-0.05, 0) is 35.6 Å². The molecule has 0 unspecified atom stereocenters. The van der Waals surface area contributed by atoms with Gasteiger partial charge in [-0.1, -0.05) is 48.5 Å². The number of hydrogen-bond donors (Lipinski definition) is 0. The van der Waals surface area contributed by atoms with Gasteiger partial charge < -0.3 is 0 Å². The maximum atomic E-state index is 10.5. The number of nitrogens with zero attached hydrogens (tertiary/aromatic N) is 1. The lowest BCUT2D eigenvalue weighted by Gasteiger charge is -2.10. The van der Waals surface area contributed by atoms with E-state index in [1.54, 1.807) is 6.08 Å². The molecule has 0 heterocycles. The van der Waals surface area contributed by atoms with E-state index < -0.39 is 0 Å². The van der Waals surface area contributed by atoms with Crippen LogP contribution in [0, 0.1) is 0 Å². The molecule has 0 saturated heterocycles. The predicted octanol–water partition coefficient (Wildman–Crippen LogP) is 3.68. The highest BCUT2D eigenvalue weighted by Gasteiger charge is 2.44. The normalized spacial score (nSPS) is 15.8. The highest BCUT2D eigenvalue weighted by molar-refractivity contribution is 5.64. The fourth-order valence-electron chi connectivity index (χ4n) is 2.29. The molecular weight excluding hydrogens is 222 g/mol. The van der Waals surface area contributed by atoms with E-state index in [2.05, 4.69) is 29.3 Å². The van der Waals surface area contributed by atoms with E-state index in [1.807, 2.05) is 30.3 Å². The van der Waals surface area contributed by atoms with Crippen LogP contribution in [0.3, 0.4) is 0 Å². The zero-order valence-electron chi connectivity index (χ0n) is 9.97. The van der Waals surface area contributed by atoms with Crippen LogP contribution in [-0.4, -0.2) is 6.08 Å². The smallest absolute Gasteiger partial charge is 0.211 e. The van der Waals surface area contributed by atoms with Crippen LogP contribution >= 0.6 is 0 Å². The molecule has 2 aromatic carbocycles. The third-order valence-corrected chi connectivity index (χ3v) is 3.49. The monoisotopic (exact) mass is 235 g/mol. The predicted molar refractivity (Wildman–Crippen MR) is 70.9 cm³/mol. The van der Waals surface area contributed by atoms with Gasteiger partial charge in [0, 0.05) is 0 Å². The first-order chi connectivity index (χ1) is 8.84. The maximum absolute atomic E-state index is 10.5. The summed E-state index contributed by atoms with van der Waals surface area (Å²) in [6.45, 7) is 0. The van der Waals surface area contributed by atoms with Crippen molar-refractivity contribution in [1.82, 2.24) is 0 Å². The van der Waals surface area contributed by atoms with Crippen LogP contribution in [0.25, 0.3) is 11.1 Å². The molecule has 1 aliphatic rings. The number of rotatable bonds is 3. The van der Waals surface area contributed by atoms with E-state index in [-0.39, 0.29) is 5.54 Å². The lowest BCUT2D eigenvalue weighted by atomic mass is 9.98. The first-order valence-electron chi connectivity index (χ1n) is 6.09. The summed E-state index contributed by atoms with van der Waals surface area (Å²) in [6.07, 6.45) is 3.59. The summed E-state index contributed by atoms with van der Waals surface area (Å²) >= 11 is 0. The van der Waals surface area contributed by atoms with Crippen LogP contribution < -0.4 is 0 Å². The molecule has 0 N–H and O–H groups in total. The number of hydrogen-bond acceptors (Lipinski definition) is 2. The highest BCUT2D eigenvalue weighted by atomic mass is 16.1. The van der Waals surface area contributed by atoms with E-state index in [1.165, 1.54) is 11.1 Å². The first kappa shape index (κ1) is 10.9. The molecule has 0 aliphatic heterocycles. The summed E-state index contributed by atoms with van der Waals surface area (Å²) < 4.78 is 0. The molecule has 18 heavy (non-hydrogen) atoms. The number of benzene rings is 2. The Balaban J connectivity index is 2.03. The SMILES string of the molecule is O=C=NC1(c2cccc(-c3ccccc3)c2)CC1. The van der Waals surface area contributed by atoms with E-state index in [9.17, 15) is 4.79 Å². The molecule has 0 radical (unpaired) electrons. The van der Waals surface area contributed by atoms with E-state index in [0.717, 1.165) is 18.4 Å². The lowest BCUT2D eigenvalue weighted by Crippen LogP contribution is -2.01. The molecule has 2 aromatic rings. The third kappa shape index (κ3) is 1.87. The van der Waals surface area contributed by atoms with E-state index in [4.69, 9.17) is 0 Å². The minimum Gasteiger partial charge on any atom is -0.211 e. The van der Waals surface area contributed by atoms with Crippen molar-refractivity contribution in [2.75, 3.05) is 0 Å². The maximum Gasteiger partial charge on any atom is 0.235 e. The van der Waals surface area contributed by atoms with Crippen LogP contribution in [0.15, 0.2) is 59.6 Å². The quantitative estimate of drug-likeness (QED) is 0.589. The molecule has 1 fully saturated rings. The summed E-state index contributed by atoms with van der Waals surface area (Å²) in [6, 6.07) is 18.5. The van der Waals surface area contributed by atoms with E-state index >= 15 is 0 Å². The average molecular weight is 235 g/mol. The third-order valence-electron chi connectivity index (χ3n) is 3.49. The molecular formula is C16H13NO. The molecule has 0 bridgehead atoms. The second-order valence-electron chi connectivity index (χ2n) is 4.68. The Labute approximate surface area is 106 Å². The molecule has 0 atom stereocenters. The van der Waals surface area contributed by atoms with Crippen molar-refractivity contribution in [3.05, 3.63) is 60.2 Å². The Morgan fingerprint density at radius 3 is 2.33 bits per heavy atom. The summed E-state index contributed by atoms with van der Waals surface area (Å²) in [5, 5.41) is 0. The second-order valence-corrected chi connectivity index (χ2v) is 4.68. The van der Waals surface area contributed by atoms with Crippen molar-refractivity contribution in [3.63, 3.8) is 0 Å². The summed E-state index contributed by atoms with van der Waals surface area (Å²) in [7, 11) is 0. The average Bonchev–Trinajstić information content (AvgIpc) is 3.21. The Bertz CT molecular complexity index is 608. The summed E-state index contributed by atoms with van der Waals surface area (Å²) in [4.78, 5) is 14.5. The van der Waals surface area contributed by atoms with Crippen LogP contribution in [0.4, 0.5) is 0 Å². The number of isocyanates is 1. The molecule has 0 aromatic heterocycles. The van der Waals surface area contributed by atoms with Crippen LogP contribution in [0.1, 0.15) is 18.4 Å². The van der Waals surface area contributed by atoms with Gasteiger partial charge in [0.2, 0.25) is 6.08 Å². The van der Waals surface area contributed by atoms with E-state index in [0.29, 0.717) is 0 Å². The van der Waals surface area contributed by atoms with Gasteiger partial charge >= 0.3 is 0 Å². The Morgan fingerprint density at radius 1 is 0.944 bits per heavy atom. The molecule has 2 heteroatoms. The molecule has 3 rings (SSSR count). The van der Waals surface area contributed by atoms with Crippen molar-refractivity contribution in [2.24, 2.45) is 4.99 Å². The first-order valence-corrected chi connectivity index (χ1v) is 6.09. The zero-order chi connectivity index (χ0) is 12.4. The van der Waals surface area contributed by atoms with Crippen LogP contribution in [0.5, 0.6) is 0 Å². The molecule has 0 amide bonds. The van der Waals surface area contributed by atoms with Gasteiger partial charge in [0.15, 0.2) is 0 Å². The molecule has 88 valence electrons. The van der Waals surface area contributed by atoms with Crippen molar-refractivity contribution in [1.29, 1.82) is 0 Å². The molecule has 0 spiro atoms. The van der Waals surface area contributed by atoms with Crippen molar-refractivity contribution in [3.8, 4) is 11.1 Å². The van der Waals surface area contributed by atoms with Crippen LogP contribution in [0.2, 0.25) is 0 Å². The minimum absolute atomic E-state index is 0.285. The number of carbonyl (C=O) groups excluding carboxylic acids is 1. The topological polar surface area (TPSA) is 29.4 Å². The van der Waals surface area contributed by atoms with Gasteiger partial charge in [-0.15, -0.1) is 0 Å². The Kier molecular flexibility index (Phi) is 2.58. The van der Waals surface area contributed by atoms with Crippen LogP contribution in [-0.2, 0) is 10.3 Å². The fraction of sp³-hybridized carbons (Fsp3) is 0.188. The fourth-order valence-corrected chi connectivity index (χ4v) is 2.29. The molecule has 1 aliphatic carbocycles. The molecule has 1 saturated carbocycles. The van der Waals surface area contributed by atoms with Gasteiger partial charge in [-0.2, -0.15) is 4.99 Å². The van der Waals surface area contributed by atoms with Gasteiger partial charge in [0.05, 0.1) is 5.54 Å². The molecule has 2 nitrogen and oxygen atoms in total. The summed E-state index contributed by atoms with van der Waals surface area (Å²) in [5.41, 5.74) is 3.19. The number of aliphatic imine (C=N–C) groups is 1. The Morgan fingerprint density at radius 2 is 1.67 bits per heavy atom. The van der Waals surface area contributed by atoms with Gasteiger partial charge in [-0.25, -0.2) is 4.79 Å². The lowest BCUT2D eigenvalue weighted by molar-refractivity contribution is 0.556. The minimum atomic E-state index is -0.285. The van der Waals surface area contributed by atoms with Crippen molar-refractivity contribution >= 4 is 6.08 Å². The van der Waals surface area contributed by atoms with Gasteiger partial charge in [0.25, 0.3) is 0 Å². The second kappa shape index (κ2) is 4.25. The highest BCUT2D eigenvalue weighted by Crippen LogP contribution is 2.49. The summed E-state index contributed by atoms with van der Waals surface area (Å²) in [5.74, 6) is 0. The van der Waals surface area contributed by atoms with Crippen molar-refractivity contribution in [2.45, 2.75) is 18.4 Å². The standard InChI is InChI=1S/C16H13NO/c18-12-17-16(9-10-16)15-8-4-7-14(11-15)13-5-2-1-3-6-13/h1-8,11H,9-10H2.